The van der Waals surface area contributed by atoms with Crippen molar-refractivity contribution in [2.24, 2.45) is 0 Å². The van der Waals surface area contributed by atoms with Gasteiger partial charge in [-0.05, 0) is 36.2 Å². The van der Waals surface area contributed by atoms with Crippen LogP contribution in [-0.2, 0) is 6.42 Å². The van der Waals surface area contributed by atoms with E-state index in [9.17, 15) is 4.79 Å². The highest BCUT2D eigenvalue weighted by atomic mass is 79.9. The molecule has 0 bridgehead atoms. The van der Waals surface area contributed by atoms with Crippen LogP contribution in [0.15, 0.2) is 57.4 Å². The van der Waals surface area contributed by atoms with Crippen molar-refractivity contribution in [3.63, 3.8) is 0 Å². The molecule has 0 aliphatic carbocycles. The summed E-state index contributed by atoms with van der Waals surface area (Å²) in [7, 11) is 0. The van der Waals surface area contributed by atoms with Gasteiger partial charge in [-0.25, -0.2) is 0 Å². The first-order chi connectivity index (χ1) is 11.1. The molecule has 0 spiro atoms. The van der Waals surface area contributed by atoms with E-state index in [2.05, 4.69) is 31.4 Å². The Hall–Kier alpha value is -2.47. The van der Waals surface area contributed by atoms with E-state index in [-0.39, 0.29) is 5.89 Å². The van der Waals surface area contributed by atoms with E-state index >= 15 is 0 Å². The van der Waals surface area contributed by atoms with Crippen LogP contribution in [0.1, 0.15) is 27.7 Å². The van der Waals surface area contributed by atoms with Gasteiger partial charge in [-0.3, -0.25) is 4.79 Å². The molecular formula is C17H14BrN3O2. The zero-order valence-electron chi connectivity index (χ0n) is 12.4. The topological polar surface area (TPSA) is 68.0 Å². The lowest BCUT2D eigenvalue weighted by Crippen LogP contribution is -2.12. The molecule has 1 N–H and O–H groups in total. The number of hydrogen-bond donors (Lipinski definition) is 1. The number of amides is 1. The first kappa shape index (κ1) is 15.4. The maximum absolute atomic E-state index is 12.2. The molecule has 5 nitrogen and oxygen atoms in total. The van der Waals surface area contributed by atoms with Gasteiger partial charge in [0.25, 0.3) is 0 Å². The summed E-state index contributed by atoms with van der Waals surface area (Å²) in [4.78, 5) is 12.2. The summed E-state index contributed by atoms with van der Waals surface area (Å²) in [5.74, 6) is -0.0524. The second-order valence-electron chi connectivity index (χ2n) is 5.08. The zero-order valence-corrected chi connectivity index (χ0v) is 14.0. The standard InChI is InChI=1S/C17H14BrN3O2/c1-11-9-13(7-8-14(11)18)19-16(22)17-21-20-15(23-17)10-12-5-3-2-4-6-12/h2-9H,10H2,1H3,(H,19,22). The van der Waals surface area contributed by atoms with Crippen molar-refractivity contribution in [1.82, 2.24) is 10.2 Å². The normalized spacial score (nSPS) is 10.5. The lowest BCUT2D eigenvalue weighted by molar-refractivity contribution is 0.0988. The highest BCUT2D eigenvalue weighted by Gasteiger charge is 2.15. The number of halogens is 1. The molecule has 0 unspecified atom stereocenters. The Labute approximate surface area is 141 Å². The highest BCUT2D eigenvalue weighted by molar-refractivity contribution is 9.10. The number of carbonyl (C=O) groups excluding carboxylic acids is 1. The first-order valence-electron chi connectivity index (χ1n) is 7.05. The van der Waals surface area contributed by atoms with Gasteiger partial charge in [-0.2, -0.15) is 0 Å². The van der Waals surface area contributed by atoms with Gasteiger partial charge in [0.2, 0.25) is 5.89 Å². The molecule has 1 heterocycles. The summed E-state index contributed by atoms with van der Waals surface area (Å²) < 4.78 is 6.42. The minimum atomic E-state index is -0.418. The van der Waals surface area contributed by atoms with E-state index in [4.69, 9.17) is 4.42 Å². The average molecular weight is 372 g/mol. The van der Waals surface area contributed by atoms with Gasteiger partial charge in [-0.15, -0.1) is 10.2 Å². The minimum Gasteiger partial charge on any atom is -0.417 e. The SMILES string of the molecule is Cc1cc(NC(=O)c2nnc(Cc3ccccc3)o2)ccc1Br. The van der Waals surface area contributed by atoms with Crippen molar-refractivity contribution in [3.05, 3.63) is 75.9 Å². The van der Waals surface area contributed by atoms with E-state index in [1.807, 2.05) is 49.4 Å². The van der Waals surface area contributed by atoms with Gasteiger partial charge in [0, 0.05) is 10.2 Å². The molecule has 0 saturated heterocycles. The first-order valence-corrected chi connectivity index (χ1v) is 7.85. The van der Waals surface area contributed by atoms with E-state index in [0.29, 0.717) is 18.0 Å². The summed E-state index contributed by atoms with van der Waals surface area (Å²) in [6.45, 7) is 1.95. The van der Waals surface area contributed by atoms with Crippen molar-refractivity contribution in [1.29, 1.82) is 0 Å². The van der Waals surface area contributed by atoms with Gasteiger partial charge >= 0.3 is 11.8 Å². The molecule has 1 amide bonds. The quantitative estimate of drug-likeness (QED) is 0.752. The van der Waals surface area contributed by atoms with Crippen LogP contribution in [0.5, 0.6) is 0 Å². The Kier molecular flexibility index (Phi) is 4.52. The van der Waals surface area contributed by atoms with Crippen LogP contribution in [0, 0.1) is 6.92 Å². The Bertz CT molecular complexity index is 831. The van der Waals surface area contributed by atoms with Crippen LogP contribution in [0.25, 0.3) is 0 Å². The fourth-order valence-corrected chi connectivity index (χ4v) is 2.34. The van der Waals surface area contributed by atoms with Crippen molar-refractivity contribution in [2.75, 3.05) is 5.32 Å². The predicted molar refractivity (Wildman–Crippen MR) is 90.4 cm³/mol. The molecule has 6 heteroatoms. The summed E-state index contributed by atoms with van der Waals surface area (Å²) in [5, 5.41) is 10.5. The summed E-state index contributed by atoms with van der Waals surface area (Å²) >= 11 is 3.42. The number of aryl methyl sites for hydroxylation is 1. The van der Waals surface area contributed by atoms with E-state index in [1.54, 1.807) is 6.07 Å². The van der Waals surface area contributed by atoms with Crippen LogP contribution in [0.2, 0.25) is 0 Å². The van der Waals surface area contributed by atoms with Crippen molar-refractivity contribution in [2.45, 2.75) is 13.3 Å². The number of aromatic nitrogens is 2. The number of rotatable bonds is 4. The molecule has 23 heavy (non-hydrogen) atoms. The van der Waals surface area contributed by atoms with Crippen molar-refractivity contribution in [3.8, 4) is 0 Å². The molecule has 2 aromatic carbocycles. The molecule has 0 aliphatic heterocycles. The van der Waals surface area contributed by atoms with Gasteiger partial charge in [0.05, 0.1) is 6.42 Å². The monoisotopic (exact) mass is 371 g/mol. The van der Waals surface area contributed by atoms with Crippen molar-refractivity contribution >= 4 is 27.5 Å². The van der Waals surface area contributed by atoms with Crippen LogP contribution < -0.4 is 5.32 Å². The van der Waals surface area contributed by atoms with Crippen LogP contribution in [0.3, 0.4) is 0 Å². The summed E-state index contributed by atoms with van der Waals surface area (Å²) in [5.41, 5.74) is 2.75. The maximum atomic E-state index is 12.2. The molecule has 3 rings (SSSR count). The lowest BCUT2D eigenvalue weighted by atomic mass is 10.2. The van der Waals surface area contributed by atoms with Crippen molar-refractivity contribution < 1.29 is 9.21 Å². The molecule has 0 atom stereocenters. The molecule has 1 aromatic heterocycles. The molecule has 0 aliphatic rings. The van der Waals surface area contributed by atoms with Gasteiger partial charge < -0.3 is 9.73 Å². The van der Waals surface area contributed by atoms with Crippen LogP contribution >= 0.6 is 15.9 Å². The average Bonchev–Trinajstić information content (AvgIpc) is 3.00. The third kappa shape index (κ3) is 3.84. The lowest BCUT2D eigenvalue weighted by Gasteiger charge is -2.04. The second-order valence-corrected chi connectivity index (χ2v) is 5.94. The largest absolute Gasteiger partial charge is 0.417 e. The Morgan fingerprint density at radius 1 is 1.17 bits per heavy atom. The zero-order chi connectivity index (χ0) is 16.2. The van der Waals surface area contributed by atoms with Gasteiger partial charge in [-0.1, -0.05) is 46.3 Å². The minimum absolute atomic E-state index is 0.0449. The highest BCUT2D eigenvalue weighted by Crippen LogP contribution is 2.20. The number of benzene rings is 2. The maximum Gasteiger partial charge on any atom is 0.313 e. The number of anilines is 1. The van der Waals surface area contributed by atoms with Crippen LogP contribution in [-0.4, -0.2) is 16.1 Å². The summed E-state index contributed by atoms with van der Waals surface area (Å²) in [6.07, 6.45) is 0.499. The molecule has 0 saturated carbocycles. The van der Waals surface area contributed by atoms with Gasteiger partial charge in [0.1, 0.15) is 0 Å². The van der Waals surface area contributed by atoms with E-state index in [0.717, 1.165) is 15.6 Å². The third-order valence-corrected chi connectivity index (χ3v) is 4.16. The van der Waals surface area contributed by atoms with Gasteiger partial charge in [0.15, 0.2) is 0 Å². The fourth-order valence-electron chi connectivity index (χ4n) is 2.09. The number of nitrogens with one attached hydrogen (secondary N) is 1. The number of nitrogens with zero attached hydrogens (tertiary/aromatic N) is 2. The van der Waals surface area contributed by atoms with Crippen LogP contribution in [0.4, 0.5) is 5.69 Å². The number of carbonyl (C=O) groups is 1. The van der Waals surface area contributed by atoms with E-state index < -0.39 is 5.91 Å². The molecule has 3 aromatic rings. The summed E-state index contributed by atoms with van der Waals surface area (Å²) in [6, 6.07) is 15.3. The smallest absolute Gasteiger partial charge is 0.313 e. The molecule has 0 fully saturated rings. The molecule has 116 valence electrons. The fraction of sp³-hybridized carbons (Fsp3) is 0.118. The Morgan fingerprint density at radius 2 is 1.96 bits per heavy atom. The Morgan fingerprint density at radius 3 is 2.70 bits per heavy atom. The third-order valence-electron chi connectivity index (χ3n) is 3.28. The number of hydrogen-bond acceptors (Lipinski definition) is 4. The molecule has 0 radical (unpaired) electrons. The predicted octanol–water partition coefficient (Wildman–Crippen LogP) is 3.98. The van der Waals surface area contributed by atoms with E-state index in [1.165, 1.54) is 0 Å². The molecular weight excluding hydrogens is 358 g/mol. The second kappa shape index (κ2) is 6.75. The Balaban J connectivity index is 1.69.